The molecule has 0 amide bonds. The predicted molar refractivity (Wildman–Crippen MR) is 92.8 cm³/mol. The first-order valence-electron chi connectivity index (χ1n) is 7.55. The number of para-hydroxylation sites is 1. The number of fused-ring (bicyclic) bond motifs is 3. The Bertz CT molecular complexity index is 853. The quantitative estimate of drug-likeness (QED) is 0.744. The van der Waals surface area contributed by atoms with Gasteiger partial charge in [-0.25, -0.2) is 4.98 Å². The van der Waals surface area contributed by atoms with Crippen molar-refractivity contribution in [2.75, 3.05) is 5.73 Å². The molecule has 0 aliphatic rings. The molecule has 0 unspecified atom stereocenters. The summed E-state index contributed by atoms with van der Waals surface area (Å²) in [5.41, 5.74) is 9.22. The van der Waals surface area contributed by atoms with Crippen molar-refractivity contribution in [1.82, 2.24) is 14.8 Å². The van der Waals surface area contributed by atoms with E-state index in [2.05, 4.69) is 38.4 Å². The third-order valence-electron chi connectivity index (χ3n) is 3.71. The Morgan fingerprint density at radius 2 is 2.00 bits per heavy atom. The summed E-state index contributed by atoms with van der Waals surface area (Å²) >= 11 is 0. The van der Waals surface area contributed by atoms with Crippen molar-refractivity contribution in [3.05, 3.63) is 42.6 Å². The van der Waals surface area contributed by atoms with Crippen LogP contribution in [0.3, 0.4) is 0 Å². The first kappa shape index (κ1) is 14.6. The highest BCUT2D eigenvalue weighted by molar-refractivity contribution is 6.09. The molecule has 0 atom stereocenters. The smallest absolute Gasteiger partial charge is 0.152 e. The molecule has 4 nitrogen and oxygen atoms in total. The number of anilines is 1. The number of pyridine rings is 1. The van der Waals surface area contributed by atoms with Gasteiger partial charge in [0.25, 0.3) is 0 Å². The van der Waals surface area contributed by atoms with Gasteiger partial charge in [0.05, 0.1) is 12.1 Å². The van der Waals surface area contributed by atoms with Crippen LogP contribution in [0.25, 0.3) is 21.8 Å². The topological polar surface area (TPSA) is 56.7 Å². The SMILES string of the molecule is C=CCn1nc2c(N)nc3ccccc3c2c1CC(C)(C)C. The summed E-state index contributed by atoms with van der Waals surface area (Å²) in [5.74, 6) is 0.492. The zero-order chi connectivity index (χ0) is 15.9. The third kappa shape index (κ3) is 2.45. The summed E-state index contributed by atoms with van der Waals surface area (Å²) in [6.07, 6.45) is 2.79. The average Bonchev–Trinajstić information content (AvgIpc) is 2.77. The summed E-state index contributed by atoms with van der Waals surface area (Å²) in [6, 6.07) is 8.11. The van der Waals surface area contributed by atoms with Gasteiger partial charge in [-0.3, -0.25) is 4.68 Å². The van der Waals surface area contributed by atoms with Crippen molar-refractivity contribution < 1.29 is 0 Å². The Kier molecular flexibility index (Phi) is 3.39. The van der Waals surface area contributed by atoms with Crippen LogP contribution in [-0.4, -0.2) is 14.8 Å². The second kappa shape index (κ2) is 5.13. The maximum absolute atomic E-state index is 6.15. The fourth-order valence-corrected chi connectivity index (χ4v) is 2.88. The number of nitrogens with two attached hydrogens (primary N) is 1. The summed E-state index contributed by atoms with van der Waals surface area (Å²) in [5, 5.41) is 6.93. The van der Waals surface area contributed by atoms with Gasteiger partial charge in [0.15, 0.2) is 5.82 Å². The average molecular weight is 294 g/mol. The summed E-state index contributed by atoms with van der Waals surface area (Å²) in [6.45, 7) is 11.2. The number of nitrogen functional groups attached to an aromatic ring is 1. The van der Waals surface area contributed by atoms with E-state index in [-0.39, 0.29) is 5.41 Å². The van der Waals surface area contributed by atoms with Gasteiger partial charge in [0.2, 0.25) is 0 Å². The highest BCUT2D eigenvalue weighted by Gasteiger charge is 2.21. The minimum Gasteiger partial charge on any atom is -0.382 e. The molecular formula is C18H22N4. The maximum atomic E-state index is 6.15. The summed E-state index contributed by atoms with van der Waals surface area (Å²) in [7, 11) is 0. The molecule has 0 spiro atoms. The lowest BCUT2D eigenvalue weighted by atomic mass is 9.89. The fraction of sp³-hybridized carbons (Fsp3) is 0.333. The minimum absolute atomic E-state index is 0.158. The van der Waals surface area contributed by atoms with Gasteiger partial charge >= 0.3 is 0 Å². The normalized spacial score (nSPS) is 12.1. The van der Waals surface area contributed by atoms with Gasteiger partial charge < -0.3 is 5.73 Å². The third-order valence-corrected chi connectivity index (χ3v) is 3.71. The van der Waals surface area contributed by atoms with Crippen LogP contribution in [-0.2, 0) is 13.0 Å². The van der Waals surface area contributed by atoms with Crippen LogP contribution < -0.4 is 5.73 Å². The molecule has 0 saturated carbocycles. The highest BCUT2D eigenvalue weighted by Crippen LogP contribution is 2.33. The lowest BCUT2D eigenvalue weighted by Gasteiger charge is -2.19. The molecule has 2 heterocycles. The van der Waals surface area contributed by atoms with Crippen molar-refractivity contribution >= 4 is 27.6 Å². The van der Waals surface area contributed by atoms with Crippen molar-refractivity contribution in [1.29, 1.82) is 0 Å². The Hall–Kier alpha value is -2.36. The van der Waals surface area contributed by atoms with E-state index in [0.29, 0.717) is 12.4 Å². The molecule has 0 aliphatic heterocycles. The van der Waals surface area contributed by atoms with E-state index in [9.17, 15) is 0 Å². The van der Waals surface area contributed by atoms with Crippen molar-refractivity contribution in [2.45, 2.75) is 33.7 Å². The fourth-order valence-electron chi connectivity index (χ4n) is 2.88. The standard InChI is InChI=1S/C18H22N4/c1-5-10-22-14(11-18(2,3)4)15-12-8-6-7-9-13(12)20-17(19)16(15)21-22/h5-9H,1,10-11H2,2-4H3,(H2,19,20). The van der Waals surface area contributed by atoms with Crippen LogP contribution >= 0.6 is 0 Å². The summed E-state index contributed by atoms with van der Waals surface area (Å²) in [4.78, 5) is 4.49. The molecule has 0 fully saturated rings. The van der Waals surface area contributed by atoms with E-state index in [1.54, 1.807) is 0 Å². The summed E-state index contributed by atoms with van der Waals surface area (Å²) < 4.78 is 2.01. The minimum atomic E-state index is 0.158. The van der Waals surface area contributed by atoms with Crippen LogP contribution in [0.4, 0.5) is 5.82 Å². The highest BCUT2D eigenvalue weighted by atomic mass is 15.3. The van der Waals surface area contributed by atoms with Gasteiger partial charge in [0.1, 0.15) is 5.52 Å². The van der Waals surface area contributed by atoms with Gasteiger partial charge in [-0.2, -0.15) is 5.10 Å². The molecule has 2 N–H and O–H groups in total. The number of hydrogen-bond donors (Lipinski definition) is 1. The molecule has 0 aliphatic carbocycles. The Morgan fingerprint density at radius 1 is 1.27 bits per heavy atom. The molecular weight excluding hydrogens is 272 g/mol. The van der Waals surface area contributed by atoms with Gasteiger partial charge in [-0.1, -0.05) is 45.0 Å². The molecule has 2 aromatic heterocycles. The zero-order valence-electron chi connectivity index (χ0n) is 13.4. The molecule has 3 aromatic rings. The number of allylic oxidation sites excluding steroid dienone is 1. The van der Waals surface area contributed by atoms with E-state index in [1.807, 2.05) is 29.0 Å². The Labute approximate surface area is 130 Å². The Balaban J connectivity index is 2.41. The second-order valence-corrected chi connectivity index (χ2v) is 6.89. The van der Waals surface area contributed by atoms with Crippen molar-refractivity contribution in [3.63, 3.8) is 0 Å². The van der Waals surface area contributed by atoms with E-state index in [4.69, 9.17) is 10.8 Å². The maximum Gasteiger partial charge on any atom is 0.152 e. The number of rotatable bonds is 3. The van der Waals surface area contributed by atoms with Gasteiger partial charge in [0, 0.05) is 16.5 Å². The van der Waals surface area contributed by atoms with Gasteiger partial charge in [-0.05, 0) is 17.9 Å². The first-order chi connectivity index (χ1) is 10.4. The van der Waals surface area contributed by atoms with Gasteiger partial charge in [-0.15, -0.1) is 6.58 Å². The van der Waals surface area contributed by atoms with Crippen molar-refractivity contribution in [3.8, 4) is 0 Å². The number of benzene rings is 1. The van der Waals surface area contributed by atoms with Crippen LogP contribution in [0.15, 0.2) is 36.9 Å². The number of hydrogen-bond acceptors (Lipinski definition) is 3. The molecule has 3 rings (SSSR count). The molecule has 1 aromatic carbocycles. The lowest BCUT2D eigenvalue weighted by molar-refractivity contribution is 0.397. The number of aromatic nitrogens is 3. The van der Waals surface area contributed by atoms with Crippen LogP contribution in [0.2, 0.25) is 0 Å². The molecule has 4 heteroatoms. The lowest BCUT2D eigenvalue weighted by Crippen LogP contribution is -2.14. The first-order valence-corrected chi connectivity index (χ1v) is 7.55. The second-order valence-electron chi connectivity index (χ2n) is 6.89. The number of nitrogens with zero attached hydrogens (tertiary/aromatic N) is 3. The largest absolute Gasteiger partial charge is 0.382 e. The molecule has 0 saturated heterocycles. The van der Waals surface area contributed by atoms with E-state index >= 15 is 0 Å². The van der Waals surface area contributed by atoms with Crippen LogP contribution in [0, 0.1) is 5.41 Å². The van der Waals surface area contributed by atoms with E-state index < -0.39 is 0 Å². The van der Waals surface area contributed by atoms with Crippen LogP contribution in [0.1, 0.15) is 26.5 Å². The predicted octanol–water partition coefficient (Wildman–Crippen LogP) is 3.94. The molecule has 0 bridgehead atoms. The van der Waals surface area contributed by atoms with E-state index in [1.165, 1.54) is 5.69 Å². The van der Waals surface area contributed by atoms with Crippen molar-refractivity contribution in [2.24, 2.45) is 5.41 Å². The van der Waals surface area contributed by atoms with Crippen LogP contribution in [0.5, 0.6) is 0 Å². The Morgan fingerprint density at radius 3 is 2.68 bits per heavy atom. The van der Waals surface area contributed by atoms with E-state index in [0.717, 1.165) is 28.2 Å². The molecule has 114 valence electrons. The molecule has 22 heavy (non-hydrogen) atoms. The molecule has 0 radical (unpaired) electrons. The monoisotopic (exact) mass is 294 g/mol. The zero-order valence-corrected chi connectivity index (χ0v) is 13.4.